The van der Waals surface area contributed by atoms with Crippen LogP contribution in [0.4, 0.5) is 15.8 Å². The van der Waals surface area contributed by atoms with E-state index in [2.05, 4.69) is 21.2 Å². The van der Waals surface area contributed by atoms with E-state index in [1.165, 1.54) is 0 Å². The number of nitrogens with one attached hydrogen (secondary N) is 1. The second-order valence-electron chi connectivity index (χ2n) is 3.82. The van der Waals surface area contributed by atoms with Gasteiger partial charge >= 0.3 is 0 Å². The first-order chi connectivity index (χ1) is 8.45. The molecule has 2 N–H and O–H groups in total. The summed E-state index contributed by atoms with van der Waals surface area (Å²) in [5.41, 5.74) is -0.0849. The first-order valence-electron chi connectivity index (χ1n) is 5.51. The standard InChI is InChI=1S/C11H14BrFN2O3/c1-2-7(16)3-4-14-10-6-9(13)8(12)5-11(10)15(17)18/h5-7,14,16H,2-4H2,1H3. The largest absolute Gasteiger partial charge is 0.393 e. The Kier molecular flexibility index (Phi) is 5.49. The average Bonchev–Trinajstić information content (AvgIpc) is 2.32. The third kappa shape index (κ3) is 3.92. The molecule has 0 radical (unpaired) electrons. The van der Waals surface area contributed by atoms with Crippen LogP contribution in [-0.2, 0) is 0 Å². The van der Waals surface area contributed by atoms with Gasteiger partial charge in [0, 0.05) is 18.7 Å². The molecule has 1 aromatic rings. The van der Waals surface area contributed by atoms with Crippen LogP contribution < -0.4 is 5.32 Å². The summed E-state index contributed by atoms with van der Waals surface area (Å²) in [6.07, 6.45) is 0.598. The van der Waals surface area contributed by atoms with E-state index in [-0.39, 0.29) is 15.8 Å². The van der Waals surface area contributed by atoms with Crippen LogP contribution in [0.25, 0.3) is 0 Å². The lowest BCUT2D eigenvalue weighted by Gasteiger charge is -2.10. The Morgan fingerprint density at radius 1 is 1.61 bits per heavy atom. The maximum atomic E-state index is 13.3. The number of rotatable bonds is 6. The molecule has 0 fully saturated rings. The number of nitro benzene ring substituents is 1. The summed E-state index contributed by atoms with van der Waals surface area (Å²) in [6.45, 7) is 2.18. The molecule has 1 aromatic carbocycles. The van der Waals surface area contributed by atoms with Crippen molar-refractivity contribution < 1.29 is 14.4 Å². The van der Waals surface area contributed by atoms with Crippen molar-refractivity contribution in [1.29, 1.82) is 0 Å². The molecule has 0 aromatic heterocycles. The van der Waals surface area contributed by atoms with E-state index in [0.717, 1.165) is 12.1 Å². The fraction of sp³-hybridized carbons (Fsp3) is 0.455. The molecule has 0 aliphatic rings. The maximum Gasteiger partial charge on any atom is 0.293 e. The second-order valence-corrected chi connectivity index (χ2v) is 4.67. The van der Waals surface area contributed by atoms with Gasteiger partial charge in [-0.05, 0) is 28.8 Å². The second kappa shape index (κ2) is 6.65. The Labute approximate surface area is 112 Å². The first kappa shape index (κ1) is 14.8. The average molecular weight is 321 g/mol. The van der Waals surface area contributed by atoms with Gasteiger partial charge in [0.15, 0.2) is 0 Å². The van der Waals surface area contributed by atoms with Gasteiger partial charge in [-0.3, -0.25) is 10.1 Å². The van der Waals surface area contributed by atoms with Crippen LogP contribution >= 0.6 is 15.9 Å². The van der Waals surface area contributed by atoms with Gasteiger partial charge in [0.05, 0.1) is 15.5 Å². The highest BCUT2D eigenvalue weighted by Gasteiger charge is 2.17. The van der Waals surface area contributed by atoms with Crippen LogP contribution in [-0.4, -0.2) is 22.7 Å². The first-order valence-corrected chi connectivity index (χ1v) is 6.30. The van der Waals surface area contributed by atoms with Gasteiger partial charge < -0.3 is 10.4 Å². The van der Waals surface area contributed by atoms with Gasteiger partial charge in [0.25, 0.3) is 5.69 Å². The molecule has 100 valence electrons. The fourth-order valence-electron chi connectivity index (χ4n) is 1.41. The summed E-state index contributed by atoms with van der Waals surface area (Å²) in [4.78, 5) is 10.2. The van der Waals surface area contributed by atoms with E-state index >= 15 is 0 Å². The van der Waals surface area contributed by atoms with E-state index in [1.807, 2.05) is 6.92 Å². The molecule has 0 bridgehead atoms. The van der Waals surface area contributed by atoms with Crippen LogP contribution in [0.3, 0.4) is 0 Å². The number of benzene rings is 1. The Morgan fingerprint density at radius 3 is 2.83 bits per heavy atom. The van der Waals surface area contributed by atoms with Crippen molar-refractivity contribution in [2.75, 3.05) is 11.9 Å². The lowest BCUT2D eigenvalue weighted by Crippen LogP contribution is -2.13. The highest BCUT2D eigenvalue weighted by molar-refractivity contribution is 9.10. The summed E-state index contributed by atoms with van der Waals surface area (Å²) in [6, 6.07) is 2.19. The number of aliphatic hydroxyl groups excluding tert-OH is 1. The molecular weight excluding hydrogens is 307 g/mol. The Hall–Kier alpha value is -1.21. The molecule has 1 unspecified atom stereocenters. The molecule has 1 atom stereocenters. The van der Waals surface area contributed by atoms with Crippen molar-refractivity contribution >= 4 is 27.3 Å². The molecule has 0 amide bonds. The van der Waals surface area contributed by atoms with Crippen molar-refractivity contribution in [2.24, 2.45) is 0 Å². The summed E-state index contributed by atoms with van der Waals surface area (Å²) in [5, 5.41) is 22.9. The molecule has 0 saturated carbocycles. The normalized spacial score (nSPS) is 12.2. The Balaban J connectivity index is 2.80. The van der Waals surface area contributed by atoms with Crippen LogP contribution in [0, 0.1) is 15.9 Å². The predicted octanol–water partition coefficient (Wildman–Crippen LogP) is 3.07. The highest BCUT2D eigenvalue weighted by Crippen LogP contribution is 2.30. The van der Waals surface area contributed by atoms with E-state index in [1.54, 1.807) is 0 Å². The zero-order valence-corrected chi connectivity index (χ0v) is 11.4. The minimum absolute atomic E-state index is 0.0494. The maximum absolute atomic E-state index is 13.3. The van der Waals surface area contributed by atoms with Crippen molar-refractivity contribution in [3.8, 4) is 0 Å². The quantitative estimate of drug-likeness (QED) is 0.624. The molecule has 18 heavy (non-hydrogen) atoms. The van der Waals surface area contributed by atoms with E-state index in [9.17, 15) is 19.6 Å². The molecule has 0 heterocycles. The fourth-order valence-corrected chi connectivity index (χ4v) is 1.74. The smallest absolute Gasteiger partial charge is 0.293 e. The molecule has 1 rings (SSSR count). The molecule has 7 heteroatoms. The van der Waals surface area contributed by atoms with E-state index < -0.39 is 16.8 Å². The van der Waals surface area contributed by atoms with E-state index in [0.29, 0.717) is 19.4 Å². The number of nitro groups is 1. The van der Waals surface area contributed by atoms with Crippen LogP contribution in [0.2, 0.25) is 0 Å². The topological polar surface area (TPSA) is 75.4 Å². The summed E-state index contributed by atoms with van der Waals surface area (Å²) >= 11 is 2.90. The number of aliphatic hydroxyl groups is 1. The van der Waals surface area contributed by atoms with Crippen LogP contribution in [0.1, 0.15) is 19.8 Å². The molecule has 0 aliphatic heterocycles. The van der Waals surface area contributed by atoms with Gasteiger partial charge in [-0.2, -0.15) is 0 Å². The summed E-state index contributed by atoms with van der Waals surface area (Å²) in [7, 11) is 0. The third-order valence-electron chi connectivity index (χ3n) is 2.50. The van der Waals surface area contributed by atoms with Crippen LogP contribution in [0.15, 0.2) is 16.6 Å². The summed E-state index contributed by atoms with van der Waals surface area (Å²) < 4.78 is 13.4. The van der Waals surface area contributed by atoms with Gasteiger partial charge in [0.2, 0.25) is 0 Å². The minimum atomic E-state index is -0.581. The zero-order chi connectivity index (χ0) is 13.7. The lowest BCUT2D eigenvalue weighted by molar-refractivity contribution is -0.384. The molecule has 0 saturated heterocycles. The SMILES string of the molecule is CCC(O)CCNc1cc(F)c(Br)cc1[N+](=O)[O-]. The molecule has 0 aliphatic carbocycles. The van der Waals surface area contributed by atoms with Crippen molar-refractivity contribution in [1.82, 2.24) is 0 Å². The number of hydrogen-bond donors (Lipinski definition) is 2. The third-order valence-corrected chi connectivity index (χ3v) is 3.11. The number of nitrogens with zero attached hydrogens (tertiary/aromatic N) is 1. The number of halogens is 2. The van der Waals surface area contributed by atoms with Crippen molar-refractivity contribution in [2.45, 2.75) is 25.9 Å². The Morgan fingerprint density at radius 2 is 2.28 bits per heavy atom. The van der Waals surface area contributed by atoms with Crippen molar-refractivity contribution in [3.05, 3.63) is 32.5 Å². The lowest BCUT2D eigenvalue weighted by atomic mass is 10.2. The predicted molar refractivity (Wildman–Crippen MR) is 70.2 cm³/mol. The van der Waals surface area contributed by atoms with Gasteiger partial charge in [-0.15, -0.1) is 0 Å². The van der Waals surface area contributed by atoms with Gasteiger partial charge in [0.1, 0.15) is 11.5 Å². The number of hydrogen-bond acceptors (Lipinski definition) is 4. The van der Waals surface area contributed by atoms with Crippen LogP contribution in [0.5, 0.6) is 0 Å². The summed E-state index contributed by atoms with van der Waals surface area (Å²) in [5.74, 6) is -0.570. The van der Waals surface area contributed by atoms with Crippen molar-refractivity contribution in [3.63, 3.8) is 0 Å². The number of anilines is 1. The monoisotopic (exact) mass is 320 g/mol. The molecular formula is C11H14BrFN2O3. The zero-order valence-electron chi connectivity index (χ0n) is 9.82. The highest BCUT2D eigenvalue weighted by atomic mass is 79.9. The Bertz CT molecular complexity index is 443. The van der Waals surface area contributed by atoms with Gasteiger partial charge in [-0.1, -0.05) is 6.92 Å². The molecule has 0 spiro atoms. The molecule has 5 nitrogen and oxygen atoms in total. The minimum Gasteiger partial charge on any atom is -0.393 e. The van der Waals surface area contributed by atoms with Gasteiger partial charge in [-0.25, -0.2) is 4.39 Å². The van der Waals surface area contributed by atoms with E-state index in [4.69, 9.17) is 0 Å².